The zero-order chi connectivity index (χ0) is 6.97. The lowest BCUT2D eigenvalue weighted by atomic mass is 10.3. The first-order valence-electron chi connectivity index (χ1n) is 2.84. The first-order valence-corrected chi connectivity index (χ1v) is 2.84. The number of pyridine rings is 1. The number of hydrogen-bond acceptors (Lipinski definition) is 3. The van der Waals surface area contributed by atoms with E-state index in [1.807, 2.05) is 0 Å². The van der Waals surface area contributed by atoms with Gasteiger partial charge in [-0.1, -0.05) is 0 Å². The second-order valence-corrected chi connectivity index (χ2v) is 1.97. The molecule has 0 aliphatic carbocycles. The molecule has 0 aromatic carbocycles. The number of rotatable bonds is 0. The van der Waals surface area contributed by atoms with Crippen LogP contribution in [0.3, 0.4) is 0 Å². The number of hydrogen-bond donors (Lipinski definition) is 1. The van der Waals surface area contributed by atoms with Gasteiger partial charge < -0.3 is 5.21 Å². The highest BCUT2D eigenvalue weighted by Crippen LogP contribution is 2.13. The second kappa shape index (κ2) is 1.70. The van der Waals surface area contributed by atoms with Crippen molar-refractivity contribution >= 4 is 0 Å². The van der Waals surface area contributed by atoms with Gasteiger partial charge in [0.2, 0.25) is 0 Å². The maximum atomic E-state index is 8.90. The molecule has 0 atom stereocenters. The average molecular weight is 135 g/mol. The van der Waals surface area contributed by atoms with Crippen molar-refractivity contribution < 1.29 is 5.21 Å². The molecule has 10 heavy (non-hydrogen) atoms. The Kier molecular flexibility index (Phi) is 0.887. The van der Waals surface area contributed by atoms with Gasteiger partial charge in [-0.3, -0.25) is 0 Å². The SMILES string of the molecule is On1ccc2ncnc-2c1. The van der Waals surface area contributed by atoms with E-state index in [1.165, 1.54) is 18.7 Å². The Balaban J connectivity index is 2.75. The van der Waals surface area contributed by atoms with Gasteiger partial charge in [0, 0.05) is 6.20 Å². The normalized spacial score (nSPS) is 10.4. The summed E-state index contributed by atoms with van der Waals surface area (Å²) in [4.78, 5) is 7.81. The highest BCUT2D eigenvalue weighted by atomic mass is 16.5. The minimum Gasteiger partial charge on any atom is -0.429 e. The van der Waals surface area contributed by atoms with Gasteiger partial charge in [-0.2, -0.15) is 4.73 Å². The molecule has 2 rings (SSSR count). The van der Waals surface area contributed by atoms with Crippen LogP contribution in [-0.4, -0.2) is 19.9 Å². The summed E-state index contributed by atoms with van der Waals surface area (Å²) in [7, 11) is 0. The van der Waals surface area contributed by atoms with E-state index in [1.54, 1.807) is 6.07 Å². The summed E-state index contributed by atoms with van der Waals surface area (Å²) >= 11 is 0. The van der Waals surface area contributed by atoms with Gasteiger partial charge in [-0.05, 0) is 6.07 Å². The molecule has 0 radical (unpaired) electrons. The summed E-state index contributed by atoms with van der Waals surface area (Å²) in [6.07, 6.45) is 4.48. The maximum Gasteiger partial charge on any atom is 0.116 e. The van der Waals surface area contributed by atoms with Gasteiger partial charge in [-0.15, -0.1) is 0 Å². The van der Waals surface area contributed by atoms with Gasteiger partial charge >= 0.3 is 0 Å². The van der Waals surface area contributed by atoms with Crippen LogP contribution in [0.2, 0.25) is 0 Å². The Labute approximate surface area is 57.1 Å². The Hall–Kier alpha value is -1.58. The molecule has 0 saturated carbocycles. The van der Waals surface area contributed by atoms with E-state index in [4.69, 9.17) is 5.21 Å². The molecule has 0 unspecified atom stereocenters. The van der Waals surface area contributed by atoms with Crippen molar-refractivity contribution in [1.29, 1.82) is 0 Å². The molecule has 0 amide bonds. The van der Waals surface area contributed by atoms with Crippen LogP contribution in [0, 0.1) is 0 Å². The number of aromatic nitrogens is 3. The highest BCUT2D eigenvalue weighted by Gasteiger charge is 2.02. The Bertz CT molecular complexity index is 317. The monoisotopic (exact) mass is 135 g/mol. The summed E-state index contributed by atoms with van der Waals surface area (Å²) in [5, 5.41) is 8.90. The summed E-state index contributed by atoms with van der Waals surface area (Å²) in [5.74, 6) is 0. The highest BCUT2D eigenvalue weighted by molar-refractivity contribution is 5.53. The topological polar surface area (TPSA) is 50.9 Å². The first-order chi connectivity index (χ1) is 4.86. The molecule has 0 aromatic heterocycles. The third-order valence-electron chi connectivity index (χ3n) is 1.30. The Morgan fingerprint density at radius 1 is 1.30 bits per heavy atom. The quantitative estimate of drug-likeness (QED) is 0.539. The second-order valence-electron chi connectivity index (χ2n) is 1.97. The molecule has 0 fully saturated rings. The summed E-state index contributed by atoms with van der Waals surface area (Å²) in [6.45, 7) is 0. The molecule has 0 spiro atoms. The van der Waals surface area contributed by atoms with Crippen LogP contribution < -0.4 is 0 Å². The summed E-state index contributed by atoms with van der Waals surface area (Å²) in [6, 6.07) is 1.70. The van der Waals surface area contributed by atoms with Gasteiger partial charge in [0.05, 0.1) is 11.9 Å². The summed E-state index contributed by atoms with van der Waals surface area (Å²) < 4.78 is 0.955. The minimum absolute atomic E-state index is 0.699. The predicted molar refractivity (Wildman–Crippen MR) is 33.8 cm³/mol. The van der Waals surface area contributed by atoms with Crippen LogP contribution in [0.25, 0.3) is 11.4 Å². The Morgan fingerprint density at radius 2 is 2.10 bits per heavy atom. The van der Waals surface area contributed by atoms with E-state index in [2.05, 4.69) is 9.97 Å². The van der Waals surface area contributed by atoms with E-state index in [0.717, 1.165) is 10.4 Å². The molecule has 2 aliphatic heterocycles. The van der Waals surface area contributed by atoms with E-state index < -0.39 is 0 Å². The zero-order valence-corrected chi connectivity index (χ0v) is 5.10. The Morgan fingerprint density at radius 3 is 3.00 bits per heavy atom. The van der Waals surface area contributed by atoms with Crippen molar-refractivity contribution in [3.63, 3.8) is 0 Å². The predicted octanol–water partition coefficient (Wildman–Crippen LogP) is 0.620. The van der Waals surface area contributed by atoms with E-state index in [-0.39, 0.29) is 0 Å². The van der Waals surface area contributed by atoms with Gasteiger partial charge in [-0.25, -0.2) is 9.97 Å². The molecular weight excluding hydrogens is 130 g/mol. The third kappa shape index (κ3) is 0.621. The largest absolute Gasteiger partial charge is 0.429 e. The fourth-order valence-electron chi connectivity index (χ4n) is 0.829. The smallest absolute Gasteiger partial charge is 0.116 e. The standard InChI is InChI=1S/C6H5N3O/c10-9-2-1-5-6(3-9)8-4-7-5/h1-4,10H. The van der Waals surface area contributed by atoms with Crippen LogP contribution in [0.1, 0.15) is 0 Å². The third-order valence-corrected chi connectivity index (χ3v) is 1.30. The molecular formula is C6H5N3O. The zero-order valence-electron chi connectivity index (χ0n) is 5.10. The van der Waals surface area contributed by atoms with Crippen molar-refractivity contribution in [1.82, 2.24) is 14.7 Å². The molecule has 2 aliphatic rings. The molecule has 0 bridgehead atoms. The molecule has 1 N–H and O–H groups in total. The fourth-order valence-corrected chi connectivity index (χ4v) is 0.829. The lowest BCUT2D eigenvalue weighted by Gasteiger charge is -1.97. The van der Waals surface area contributed by atoms with Crippen molar-refractivity contribution in [2.45, 2.75) is 0 Å². The average Bonchev–Trinajstić information content (AvgIpc) is 2.33. The maximum absolute atomic E-state index is 8.90. The summed E-state index contributed by atoms with van der Waals surface area (Å²) in [5.41, 5.74) is 1.50. The lowest BCUT2D eigenvalue weighted by molar-refractivity contribution is 0.184. The van der Waals surface area contributed by atoms with Crippen molar-refractivity contribution in [2.24, 2.45) is 0 Å². The number of nitrogens with zero attached hydrogens (tertiary/aromatic N) is 3. The van der Waals surface area contributed by atoms with Crippen LogP contribution in [0.4, 0.5) is 0 Å². The van der Waals surface area contributed by atoms with Gasteiger partial charge in [0.25, 0.3) is 0 Å². The van der Waals surface area contributed by atoms with Crippen molar-refractivity contribution in [3.05, 3.63) is 24.8 Å². The molecule has 50 valence electrons. The fraction of sp³-hybridized carbons (Fsp3) is 0. The lowest BCUT2D eigenvalue weighted by Crippen LogP contribution is -1.91. The van der Waals surface area contributed by atoms with Crippen LogP contribution in [0.5, 0.6) is 0 Å². The molecule has 0 saturated heterocycles. The minimum atomic E-state index is 0.699. The number of imidazole rings is 1. The van der Waals surface area contributed by atoms with E-state index >= 15 is 0 Å². The van der Waals surface area contributed by atoms with Crippen molar-refractivity contribution in [2.75, 3.05) is 0 Å². The van der Waals surface area contributed by atoms with E-state index in [9.17, 15) is 0 Å². The van der Waals surface area contributed by atoms with Crippen LogP contribution in [-0.2, 0) is 0 Å². The molecule has 4 heteroatoms. The number of fused-ring (bicyclic) bond motifs is 1. The first kappa shape index (κ1) is 5.22. The van der Waals surface area contributed by atoms with Crippen LogP contribution >= 0.6 is 0 Å². The molecule has 2 heterocycles. The van der Waals surface area contributed by atoms with Crippen LogP contribution in [0.15, 0.2) is 24.8 Å². The van der Waals surface area contributed by atoms with Gasteiger partial charge in [0.15, 0.2) is 0 Å². The van der Waals surface area contributed by atoms with Gasteiger partial charge in [0.1, 0.15) is 12.0 Å². The molecule has 4 nitrogen and oxygen atoms in total. The van der Waals surface area contributed by atoms with Crippen molar-refractivity contribution in [3.8, 4) is 11.4 Å². The van der Waals surface area contributed by atoms with E-state index in [0.29, 0.717) is 5.69 Å². The molecule has 0 aromatic rings.